The molecule has 4 amide bonds. The molecule has 10 rings (SSSR count). The van der Waals surface area contributed by atoms with Crippen LogP contribution in [0.5, 0.6) is 11.5 Å². The predicted octanol–water partition coefficient (Wildman–Crippen LogP) is 3.91. The van der Waals surface area contributed by atoms with E-state index in [9.17, 15) is 19.2 Å². The molecule has 3 atom stereocenters. The molecule has 0 saturated carbocycles. The van der Waals surface area contributed by atoms with Crippen molar-refractivity contribution in [1.82, 2.24) is 39.8 Å². The van der Waals surface area contributed by atoms with Crippen molar-refractivity contribution in [3.8, 4) is 22.8 Å². The number of likely N-dealkylation sites (tertiary alicyclic amines) is 2. The molecule has 5 aromatic rings. The van der Waals surface area contributed by atoms with Gasteiger partial charge in [0.2, 0.25) is 11.8 Å². The first-order valence-corrected chi connectivity index (χ1v) is 19.8. The van der Waals surface area contributed by atoms with Gasteiger partial charge in [0.1, 0.15) is 47.4 Å². The number of fused-ring (bicyclic) bond motifs is 2. The van der Waals surface area contributed by atoms with Crippen molar-refractivity contribution in [1.29, 1.82) is 0 Å². The third kappa shape index (κ3) is 6.50. The summed E-state index contributed by atoms with van der Waals surface area (Å²) in [6.07, 6.45) is 0.490. The molecule has 0 radical (unpaired) electrons. The van der Waals surface area contributed by atoms with Crippen molar-refractivity contribution in [2.75, 3.05) is 56.4 Å². The molecule has 5 aliphatic heterocycles. The topological polar surface area (TPSA) is 172 Å². The number of benzene rings is 3. The lowest BCUT2D eigenvalue weighted by atomic mass is 9.91. The molecular weight excluding hydrogens is 782 g/mol. The van der Waals surface area contributed by atoms with Gasteiger partial charge in [-0.1, -0.05) is 18.2 Å². The number of para-hydroxylation sites is 1. The summed E-state index contributed by atoms with van der Waals surface area (Å²) in [6.45, 7) is 1.71. The fraction of sp³-hybridized carbons (Fsp3) is 0.357. The van der Waals surface area contributed by atoms with Gasteiger partial charge in [-0.05, 0) is 61.4 Å². The van der Waals surface area contributed by atoms with Crippen LogP contribution in [0.15, 0.2) is 73.1 Å². The van der Waals surface area contributed by atoms with Gasteiger partial charge >= 0.3 is 0 Å². The van der Waals surface area contributed by atoms with Crippen molar-refractivity contribution in [3.63, 3.8) is 0 Å². The standard InChI is InChI=1S/C42H39F3N10O5/c43-29-14-27-28(41(59)54(40(27)58)32-10-11-34(56)49-39(32)57)15-33(29)53-20-42(45,21-53)19-51-16-24(17-51)52-13-12-31(30(44)18-52)55-38-35(37(46)47-22-48-38)36(50-55)23-6-8-26(9-7-23)60-25-4-2-1-3-5-25/h1-9,14-15,22,24,30-32H,10-13,16-21H2,(H2,46,47,48)(H,49,56,57)/t30-,31+,32?/m1/s1. The van der Waals surface area contributed by atoms with E-state index in [4.69, 9.17) is 15.6 Å². The van der Waals surface area contributed by atoms with Gasteiger partial charge in [0, 0.05) is 50.7 Å². The highest BCUT2D eigenvalue weighted by molar-refractivity contribution is 6.23. The summed E-state index contributed by atoms with van der Waals surface area (Å²) in [4.78, 5) is 65.3. The molecule has 18 heteroatoms. The Kier molecular flexibility index (Phi) is 9.09. The van der Waals surface area contributed by atoms with Crippen molar-refractivity contribution < 1.29 is 37.1 Å². The zero-order valence-electron chi connectivity index (χ0n) is 32.1. The number of nitrogens with two attached hydrogens (primary N) is 1. The number of nitrogens with zero attached hydrogens (tertiary/aromatic N) is 8. The number of piperidine rings is 2. The number of halogens is 3. The molecule has 5 aliphatic rings. The minimum atomic E-state index is -1.65. The zero-order valence-corrected chi connectivity index (χ0v) is 32.1. The number of alkyl halides is 2. The van der Waals surface area contributed by atoms with Crippen LogP contribution in [0.3, 0.4) is 0 Å². The molecule has 4 fully saturated rings. The third-order valence-corrected chi connectivity index (χ3v) is 12.2. The maximum atomic E-state index is 16.2. The summed E-state index contributed by atoms with van der Waals surface area (Å²) in [5.74, 6) is -2.02. The number of amides is 4. The van der Waals surface area contributed by atoms with Crippen LogP contribution in [0.1, 0.15) is 46.0 Å². The molecule has 0 bridgehead atoms. The maximum Gasteiger partial charge on any atom is 0.262 e. The summed E-state index contributed by atoms with van der Waals surface area (Å²) in [5.41, 5.74) is 6.19. The van der Waals surface area contributed by atoms with E-state index in [0.29, 0.717) is 54.3 Å². The van der Waals surface area contributed by atoms with Gasteiger partial charge in [0.15, 0.2) is 11.3 Å². The van der Waals surface area contributed by atoms with Crippen LogP contribution in [0.2, 0.25) is 0 Å². The normalized spacial score (nSPS) is 23.4. The Morgan fingerprint density at radius 2 is 1.62 bits per heavy atom. The molecule has 15 nitrogen and oxygen atoms in total. The van der Waals surface area contributed by atoms with Crippen LogP contribution in [0.25, 0.3) is 22.3 Å². The number of aromatic nitrogens is 4. The van der Waals surface area contributed by atoms with Crippen LogP contribution in [-0.4, -0.2) is 128 Å². The number of carbonyl (C=O) groups is 4. The van der Waals surface area contributed by atoms with Gasteiger partial charge in [-0.3, -0.25) is 39.2 Å². The monoisotopic (exact) mass is 820 g/mol. The van der Waals surface area contributed by atoms with Crippen molar-refractivity contribution in [2.45, 2.75) is 49.2 Å². The zero-order chi connectivity index (χ0) is 41.4. The van der Waals surface area contributed by atoms with E-state index in [0.717, 1.165) is 16.5 Å². The lowest BCUT2D eigenvalue weighted by Crippen LogP contribution is -2.69. The lowest BCUT2D eigenvalue weighted by molar-refractivity contribution is -0.136. The first-order chi connectivity index (χ1) is 28.9. The fourth-order valence-corrected chi connectivity index (χ4v) is 9.19. The Hall–Kier alpha value is -6.40. The largest absolute Gasteiger partial charge is 0.457 e. The van der Waals surface area contributed by atoms with E-state index in [1.165, 1.54) is 17.3 Å². The van der Waals surface area contributed by atoms with Gasteiger partial charge in [-0.2, -0.15) is 5.10 Å². The van der Waals surface area contributed by atoms with E-state index in [1.54, 1.807) is 4.68 Å². The number of hydrogen-bond acceptors (Lipinski definition) is 12. The van der Waals surface area contributed by atoms with Gasteiger partial charge in [0.25, 0.3) is 11.8 Å². The van der Waals surface area contributed by atoms with Gasteiger partial charge < -0.3 is 15.4 Å². The van der Waals surface area contributed by atoms with E-state index in [2.05, 4.69) is 20.2 Å². The smallest absolute Gasteiger partial charge is 0.262 e. The second-order valence-electron chi connectivity index (χ2n) is 16.2. The number of carbonyl (C=O) groups excluding carboxylic acids is 4. The second-order valence-corrected chi connectivity index (χ2v) is 16.2. The number of nitrogen functional groups attached to an aromatic ring is 1. The third-order valence-electron chi connectivity index (χ3n) is 12.2. The number of imide groups is 2. The average Bonchev–Trinajstić information content (AvgIpc) is 3.70. The van der Waals surface area contributed by atoms with E-state index in [1.807, 2.05) is 59.5 Å². The minimum Gasteiger partial charge on any atom is -0.457 e. The fourth-order valence-electron chi connectivity index (χ4n) is 9.19. The van der Waals surface area contributed by atoms with Gasteiger partial charge in [0.05, 0.1) is 41.3 Å². The molecular formula is C42H39F3N10O5. The van der Waals surface area contributed by atoms with Crippen molar-refractivity contribution >= 4 is 46.2 Å². The number of hydrogen-bond donors (Lipinski definition) is 2. The maximum absolute atomic E-state index is 16.2. The summed E-state index contributed by atoms with van der Waals surface area (Å²) in [6, 6.07) is 17.3. The first-order valence-electron chi connectivity index (χ1n) is 19.8. The number of ether oxygens (including phenoxy) is 1. The molecule has 4 saturated heterocycles. The van der Waals surface area contributed by atoms with E-state index >= 15 is 13.2 Å². The SMILES string of the molecule is Nc1ncnc2c1c(-c1ccc(Oc3ccccc3)cc1)nn2[C@H]1CCN(C2CN(CC3(F)CN(c4cc5c(cc4F)C(=O)N(C4CCC(=O)NC4=O)C5=O)C3)C2)C[C@H]1F. The highest BCUT2D eigenvalue weighted by Gasteiger charge is 2.50. The molecule has 1 unspecified atom stereocenters. The van der Waals surface area contributed by atoms with E-state index in [-0.39, 0.29) is 67.7 Å². The molecule has 7 heterocycles. The Labute approximate surface area is 340 Å². The minimum absolute atomic E-state index is 0.00999. The van der Waals surface area contributed by atoms with Crippen LogP contribution >= 0.6 is 0 Å². The lowest BCUT2D eigenvalue weighted by Gasteiger charge is -2.53. The highest BCUT2D eigenvalue weighted by atomic mass is 19.1. The molecule has 3 N–H and O–H groups in total. The van der Waals surface area contributed by atoms with Gasteiger partial charge in [-0.25, -0.2) is 27.8 Å². The van der Waals surface area contributed by atoms with Crippen LogP contribution in [-0.2, 0) is 9.59 Å². The molecule has 60 heavy (non-hydrogen) atoms. The Morgan fingerprint density at radius 3 is 2.33 bits per heavy atom. The number of anilines is 2. The quantitative estimate of drug-likeness (QED) is 0.206. The second kappa shape index (κ2) is 14.4. The van der Waals surface area contributed by atoms with Crippen molar-refractivity contribution in [3.05, 3.63) is 90.0 Å². The molecule has 0 aliphatic carbocycles. The molecule has 308 valence electrons. The summed E-state index contributed by atoms with van der Waals surface area (Å²) >= 11 is 0. The predicted molar refractivity (Wildman–Crippen MR) is 211 cm³/mol. The Morgan fingerprint density at radius 1 is 0.900 bits per heavy atom. The first kappa shape index (κ1) is 37.8. The Bertz CT molecular complexity index is 2560. The highest BCUT2D eigenvalue weighted by Crippen LogP contribution is 2.40. The summed E-state index contributed by atoms with van der Waals surface area (Å²) in [5, 5.41) is 7.54. The number of rotatable bonds is 9. The van der Waals surface area contributed by atoms with Crippen LogP contribution < -0.4 is 20.7 Å². The van der Waals surface area contributed by atoms with Crippen LogP contribution in [0.4, 0.5) is 24.7 Å². The van der Waals surface area contributed by atoms with Gasteiger partial charge in [-0.15, -0.1) is 0 Å². The molecule has 0 spiro atoms. The van der Waals surface area contributed by atoms with E-state index < -0.39 is 53.4 Å². The Balaban J connectivity index is 0.750. The molecule has 3 aromatic carbocycles. The summed E-state index contributed by atoms with van der Waals surface area (Å²) in [7, 11) is 0. The van der Waals surface area contributed by atoms with Crippen LogP contribution in [0, 0.1) is 5.82 Å². The summed E-state index contributed by atoms with van der Waals surface area (Å²) < 4.78 is 55.1. The van der Waals surface area contributed by atoms with Crippen molar-refractivity contribution in [2.24, 2.45) is 0 Å². The number of nitrogens with one attached hydrogen (secondary N) is 1. The molecule has 2 aromatic heterocycles. The average molecular weight is 821 g/mol.